The minimum atomic E-state index is -4.35. The number of anilines is 1. The molecule has 1 aromatic rings. The molecule has 0 spiro atoms. The van der Waals surface area contributed by atoms with E-state index in [1.54, 1.807) is 6.07 Å². The number of halogens is 3. The number of nitrogens with one attached hydrogen (secondary N) is 2. The minimum absolute atomic E-state index is 0.0333. The van der Waals surface area contributed by atoms with Crippen LogP contribution in [0.1, 0.15) is 12.8 Å². The van der Waals surface area contributed by atoms with Crippen LogP contribution in [0.2, 0.25) is 0 Å². The molecular formula is C14H17F3N2O2S. The molecule has 2 rings (SSSR count). The molecule has 1 heterocycles. The Morgan fingerprint density at radius 3 is 2.91 bits per heavy atom. The van der Waals surface area contributed by atoms with E-state index in [0.717, 1.165) is 19.4 Å². The van der Waals surface area contributed by atoms with Crippen LogP contribution in [0.3, 0.4) is 0 Å². The molecule has 2 N–H and O–H groups in total. The number of urea groups is 1. The summed E-state index contributed by atoms with van der Waals surface area (Å²) in [4.78, 5) is 11.8. The second-order valence-corrected chi connectivity index (χ2v) is 6.13. The highest BCUT2D eigenvalue weighted by atomic mass is 32.2. The van der Waals surface area contributed by atoms with Crippen LogP contribution < -0.4 is 10.6 Å². The van der Waals surface area contributed by atoms with Crippen molar-refractivity contribution in [1.82, 2.24) is 5.32 Å². The summed E-state index contributed by atoms with van der Waals surface area (Å²) >= 11 is -0.210. The molecule has 1 aliphatic heterocycles. The maximum atomic E-state index is 12.3. The standard InChI is InChI=1S/C14H17F3N2O2S/c15-14(16,17)22-12-5-1-4-11(7-12)19-13(20)18-8-10-3-2-6-21-9-10/h1,4-5,7,10H,2-3,6,8-9H2,(H2,18,19,20)/t10-/m1/s1. The van der Waals surface area contributed by atoms with E-state index in [2.05, 4.69) is 10.6 Å². The largest absolute Gasteiger partial charge is 0.446 e. The summed E-state index contributed by atoms with van der Waals surface area (Å²) in [6, 6.07) is 5.23. The van der Waals surface area contributed by atoms with E-state index >= 15 is 0 Å². The Morgan fingerprint density at radius 1 is 1.41 bits per heavy atom. The van der Waals surface area contributed by atoms with Gasteiger partial charge in [0.1, 0.15) is 0 Å². The van der Waals surface area contributed by atoms with Gasteiger partial charge in [0.05, 0.1) is 6.61 Å². The average Bonchev–Trinajstić information content (AvgIpc) is 2.45. The Balaban J connectivity index is 1.81. The van der Waals surface area contributed by atoms with E-state index in [0.29, 0.717) is 18.8 Å². The summed E-state index contributed by atoms with van der Waals surface area (Å²) in [5.41, 5.74) is -4.02. The number of hydrogen-bond donors (Lipinski definition) is 2. The monoisotopic (exact) mass is 334 g/mol. The molecule has 1 atom stereocenters. The van der Waals surface area contributed by atoms with Crippen LogP contribution in [-0.4, -0.2) is 31.3 Å². The van der Waals surface area contributed by atoms with Crippen molar-refractivity contribution in [3.63, 3.8) is 0 Å². The number of ether oxygens (including phenoxy) is 1. The van der Waals surface area contributed by atoms with E-state index in [9.17, 15) is 18.0 Å². The van der Waals surface area contributed by atoms with E-state index in [1.807, 2.05) is 0 Å². The molecule has 0 bridgehead atoms. The van der Waals surface area contributed by atoms with Gasteiger partial charge in [-0.15, -0.1) is 0 Å². The Bertz CT molecular complexity index is 505. The SMILES string of the molecule is O=C(NC[C@H]1CCCOC1)Nc1cccc(SC(F)(F)F)c1. The van der Waals surface area contributed by atoms with Crippen molar-refractivity contribution in [1.29, 1.82) is 0 Å². The van der Waals surface area contributed by atoms with E-state index in [4.69, 9.17) is 4.74 Å². The Morgan fingerprint density at radius 2 is 2.23 bits per heavy atom. The van der Waals surface area contributed by atoms with Gasteiger partial charge in [0, 0.05) is 23.7 Å². The fourth-order valence-corrected chi connectivity index (χ4v) is 2.75. The summed E-state index contributed by atoms with van der Waals surface area (Å²) in [5, 5.41) is 5.25. The van der Waals surface area contributed by atoms with Crippen LogP contribution in [-0.2, 0) is 4.74 Å². The van der Waals surface area contributed by atoms with E-state index in [-0.39, 0.29) is 22.6 Å². The second kappa shape index (κ2) is 7.73. The van der Waals surface area contributed by atoms with Gasteiger partial charge in [-0.2, -0.15) is 13.2 Å². The zero-order valence-corrected chi connectivity index (χ0v) is 12.6. The number of carbonyl (C=O) groups excluding carboxylic acids is 1. The lowest BCUT2D eigenvalue weighted by atomic mass is 10.0. The van der Waals surface area contributed by atoms with Gasteiger partial charge in [-0.3, -0.25) is 0 Å². The normalized spacial score (nSPS) is 18.8. The van der Waals surface area contributed by atoms with Crippen LogP contribution in [0.25, 0.3) is 0 Å². The van der Waals surface area contributed by atoms with Gasteiger partial charge >= 0.3 is 11.5 Å². The van der Waals surface area contributed by atoms with Gasteiger partial charge in [-0.05, 0) is 48.7 Å². The second-order valence-electron chi connectivity index (χ2n) is 4.99. The van der Waals surface area contributed by atoms with Crippen molar-refractivity contribution in [2.75, 3.05) is 25.1 Å². The molecule has 8 heteroatoms. The predicted molar refractivity (Wildman–Crippen MR) is 78.9 cm³/mol. The maximum absolute atomic E-state index is 12.3. The Kier molecular flexibility index (Phi) is 5.96. The Hall–Kier alpha value is -1.41. The fourth-order valence-electron chi connectivity index (χ4n) is 2.15. The lowest BCUT2D eigenvalue weighted by Gasteiger charge is -2.22. The first kappa shape index (κ1) is 17.0. The summed E-state index contributed by atoms with van der Waals surface area (Å²) in [5.74, 6) is 0.284. The van der Waals surface area contributed by atoms with Crippen LogP contribution in [0.4, 0.5) is 23.7 Å². The molecule has 0 radical (unpaired) electrons. The summed E-state index contributed by atoms with van der Waals surface area (Å²) in [6.07, 6.45) is 1.97. The van der Waals surface area contributed by atoms with Gasteiger partial charge in [-0.25, -0.2) is 4.79 Å². The Labute approximate surface area is 130 Å². The van der Waals surface area contributed by atoms with Gasteiger partial charge in [0.2, 0.25) is 0 Å². The molecule has 1 saturated heterocycles. The van der Waals surface area contributed by atoms with Crippen molar-refractivity contribution in [3.8, 4) is 0 Å². The maximum Gasteiger partial charge on any atom is 0.446 e. The summed E-state index contributed by atoms with van der Waals surface area (Å²) < 4.78 is 42.3. The highest BCUT2D eigenvalue weighted by Gasteiger charge is 2.29. The topological polar surface area (TPSA) is 50.4 Å². The third-order valence-corrected chi connectivity index (χ3v) is 3.85. The van der Waals surface area contributed by atoms with Crippen molar-refractivity contribution in [2.45, 2.75) is 23.2 Å². The summed E-state index contributed by atoms with van der Waals surface area (Å²) in [7, 11) is 0. The zero-order chi connectivity index (χ0) is 16.0. The number of carbonyl (C=O) groups is 1. The molecule has 1 aromatic carbocycles. The van der Waals surface area contributed by atoms with Crippen molar-refractivity contribution in [3.05, 3.63) is 24.3 Å². The molecular weight excluding hydrogens is 317 g/mol. The molecule has 1 aliphatic rings. The van der Waals surface area contributed by atoms with Crippen molar-refractivity contribution < 1.29 is 22.7 Å². The molecule has 22 heavy (non-hydrogen) atoms. The smallest absolute Gasteiger partial charge is 0.381 e. The number of alkyl halides is 3. The van der Waals surface area contributed by atoms with E-state index in [1.165, 1.54) is 18.2 Å². The van der Waals surface area contributed by atoms with Crippen LogP contribution >= 0.6 is 11.8 Å². The molecule has 0 aromatic heterocycles. The number of rotatable bonds is 4. The molecule has 1 fully saturated rings. The number of hydrogen-bond acceptors (Lipinski definition) is 3. The van der Waals surface area contributed by atoms with Crippen LogP contribution in [0.15, 0.2) is 29.2 Å². The molecule has 0 aliphatic carbocycles. The number of benzene rings is 1. The number of amides is 2. The molecule has 0 saturated carbocycles. The third kappa shape index (κ3) is 6.15. The first-order valence-electron chi connectivity index (χ1n) is 6.91. The first-order valence-corrected chi connectivity index (χ1v) is 7.72. The van der Waals surface area contributed by atoms with Crippen LogP contribution in [0, 0.1) is 5.92 Å². The third-order valence-electron chi connectivity index (χ3n) is 3.13. The quantitative estimate of drug-likeness (QED) is 0.823. The van der Waals surface area contributed by atoms with Gasteiger partial charge in [0.15, 0.2) is 0 Å². The highest BCUT2D eigenvalue weighted by molar-refractivity contribution is 8.00. The lowest BCUT2D eigenvalue weighted by molar-refractivity contribution is -0.0328. The fraction of sp³-hybridized carbons (Fsp3) is 0.500. The van der Waals surface area contributed by atoms with Crippen LogP contribution in [0.5, 0.6) is 0 Å². The lowest BCUT2D eigenvalue weighted by Crippen LogP contribution is -2.35. The molecule has 0 unspecified atom stereocenters. The molecule has 122 valence electrons. The predicted octanol–water partition coefficient (Wildman–Crippen LogP) is 3.85. The average molecular weight is 334 g/mol. The van der Waals surface area contributed by atoms with Crippen molar-refractivity contribution in [2.24, 2.45) is 5.92 Å². The highest BCUT2D eigenvalue weighted by Crippen LogP contribution is 2.37. The molecule has 2 amide bonds. The summed E-state index contributed by atoms with van der Waals surface area (Å²) in [6.45, 7) is 1.87. The number of thioether (sulfide) groups is 1. The van der Waals surface area contributed by atoms with Gasteiger partial charge in [0.25, 0.3) is 0 Å². The zero-order valence-electron chi connectivity index (χ0n) is 11.8. The van der Waals surface area contributed by atoms with Crippen molar-refractivity contribution >= 4 is 23.5 Å². The first-order chi connectivity index (χ1) is 10.4. The van der Waals surface area contributed by atoms with Gasteiger partial charge < -0.3 is 15.4 Å². The van der Waals surface area contributed by atoms with Gasteiger partial charge in [-0.1, -0.05) is 6.07 Å². The van der Waals surface area contributed by atoms with E-state index < -0.39 is 11.5 Å². The minimum Gasteiger partial charge on any atom is -0.381 e. The molecule has 4 nitrogen and oxygen atoms in total.